The van der Waals surface area contributed by atoms with Crippen LogP contribution in [0.25, 0.3) is 16.7 Å². The van der Waals surface area contributed by atoms with E-state index in [1.807, 2.05) is 12.1 Å². The molecule has 0 spiro atoms. The van der Waals surface area contributed by atoms with E-state index in [4.69, 9.17) is 4.74 Å². The highest BCUT2D eigenvalue weighted by molar-refractivity contribution is 5.93. The number of quaternary nitrogens is 1. The first-order valence-corrected chi connectivity index (χ1v) is 8.53. The molecule has 0 aliphatic heterocycles. The molecule has 3 rings (SSSR count). The summed E-state index contributed by atoms with van der Waals surface area (Å²) in [7, 11) is 5.97. The average molecular weight is 340 g/mol. The molecule has 0 radical (unpaired) electrons. The van der Waals surface area contributed by atoms with Crippen molar-refractivity contribution < 1.29 is 9.64 Å². The van der Waals surface area contributed by atoms with Crippen molar-refractivity contribution in [3.63, 3.8) is 0 Å². The fourth-order valence-electron chi connectivity index (χ4n) is 3.01. The van der Waals surface area contributed by atoms with E-state index in [9.17, 15) is 0 Å². The van der Waals surface area contributed by atoms with E-state index in [1.54, 1.807) is 13.4 Å². The molecule has 3 aromatic rings. The van der Waals surface area contributed by atoms with E-state index in [-0.39, 0.29) is 0 Å². The van der Waals surface area contributed by atoms with Gasteiger partial charge in [-0.05, 0) is 43.7 Å². The number of nitrogens with zero attached hydrogens (tertiary/aromatic N) is 3. The van der Waals surface area contributed by atoms with Gasteiger partial charge in [-0.2, -0.15) is 0 Å². The van der Waals surface area contributed by atoms with Crippen molar-refractivity contribution in [3.05, 3.63) is 41.9 Å². The maximum atomic E-state index is 5.26. The Morgan fingerprint density at radius 2 is 1.84 bits per heavy atom. The summed E-state index contributed by atoms with van der Waals surface area (Å²) in [6, 6.07) is 8.04. The number of nitrogens with one attached hydrogen (secondary N) is 2. The molecule has 0 aliphatic carbocycles. The van der Waals surface area contributed by atoms with Gasteiger partial charge >= 0.3 is 0 Å². The van der Waals surface area contributed by atoms with Crippen molar-refractivity contribution in [1.82, 2.24) is 14.5 Å². The summed E-state index contributed by atoms with van der Waals surface area (Å²) in [4.78, 5) is 10.4. The Balaban J connectivity index is 2.06. The summed E-state index contributed by atoms with van der Waals surface area (Å²) in [5.41, 5.74) is 4.36. The van der Waals surface area contributed by atoms with Gasteiger partial charge in [-0.15, -0.1) is 0 Å². The molecule has 2 N–H and O–H groups in total. The Morgan fingerprint density at radius 3 is 2.48 bits per heavy atom. The topological polar surface area (TPSA) is 56.4 Å². The Labute approximate surface area is 148 Å². The predicted octanol–water partition coefficient (Wildman–Crippen LogP) is 1.60. The molecule has 2 heterocycles. The molecule has 6 heteroatoms. The van der Waals surface area contributed by atoms with Crippen LogP contribution in [0.2, 0.25) is 0 Å². The lowest BCUT2D eigenvalue weighted by Gasteiger charge is -2.10. The van der Waals surface area contributed by atoms with Crippen molar-refractivity contribution >= 4 is 16.9 Å². The van der Waals surface area contributed by atoms with Crippen LogP contribution in [0.3, 0.4) is 0 Å². The molecule has 0 saturated heterocycles. The van der Waals surface area contributed by atoms with Crippen molar-refractivity contribution in [3.8, 4) is 11.4 Å². The number of ether oxygens (including phenoxy) is 1. The van der Waals surface area contributed by atoms with E-state index in [0.29, 0.717) is 0 Å². The standard InChI is InChI=1S/C19H25N5O/c1-13-14(2)24(15-6-8-16(25-5)9-7-15)19-17(13)18(21-12-22-19)20-10-11-23(3)4/h6-9,12H,10-11H2,1-5H3,(H,20,21,22)/p+1. The molecular formula is C19H26N5O+. The largest absolute Gasteiger partial charge is 0.497 e. The van der Waals surface area contributed by atoms with Crippen LogP contribution in [0, 0.1) is 13.8 Å². The third-order valence-electron chi connectivity index (χ3n) is 4.54. The highest BCUT2D eigenvalue weighted by atomic mass is 16.5. The third-order valence-corrected chi connectivity index (χ3v) is 4.54. The molecule has 2 aromatic heterocycles. The van der Waals surface area contributed by atoms with Crippen molar-refractivity contribution in [1.29, 1.82) is 0 Å². The fraction of sp³-hybridized carbons (Fsp3) is 0.368. The number of benzene rings is 1. The Bertz CT molecular complexity index is 868. The van der Waals surface area contributed by atoms with Crippen LogP contribution in [0.5, 0.6) is 5.75 Å². The number of aromatic nitrogens is 3. The summed E-state index contributed by atoms with van der Waals surface area (Å²) in [5.74, 6) is 1.75. The van der Waals surface area contributed by atoms with Crippen LogP contribution in [0.15, 0.2) is 30.6 Å². The first kappa shape index (κ1) is 17.2. The van der Waals surface area contributed by atoms with Crippen LogP contribution in [0.4, 0.5) is 5.82 Å². The van der Waals surface area contributed by atoms with E-state index in [1.165, 1.54) is 16.2 Å². The van der Waals surface area contributed by atoms with Crippen LogP contribution in [0.1, 0.15) is 11.3 Å². The van der Waals surface area contributed by atoms with Crippen LogP contribution < -0.4 is 15.0 Å². The van der Waals surface area contributed by atoms with Crippen LogP contribution in [-0.4, -0.2) is 48.8 Å². The summed E-state index contributed by atoms with van der Waals surface area (Å²) in [5, 5.41) is 4.55. The minimum Gasteiger partial charge on any atom is -0.497 e. The highest BCUT2D eigenvalue weighted by Crippen LogP contribution is 2.31. The summed E-state index contributed by atoms with van der Waals surface area (Å²) >= 11 is 0. The zero-order valence-electron chi connectivity index (χ0n) is 15.6. The first-order valence-electron chi connectivity index (χ1n) is 8.53. The number of hydrogen-bond donors (Lipinski definition) is 2. The van der Waals surface area contributed by atoms with Gasteiger partial charge in [-0.25, -0.2) is 9.97 Å². The average Bonchev–Trinajstić information content (AvgIpc) is 2.87. The molecule has 6 nitrogen and oxygen atoms in total. The molecule has 25 heavy (non-hydrogen) atoms. The number of methoxy groups -OCH3 is 1. The van der Waals surface area contributed by atoms with Gasteiger partial charge in [0.1, 0.15) is 17.9 Å². The molecule has 1 aromatic carbocycles. The van der Waals surface area contributed by atoms with Gasteiger partial charge in [0.2, 0.25) is 0 Å². The number of anilines is 1. The van der Waals surface area contributed by atoms with Gasteiger partial charge in [0, 0.05) is 11.4 Å². The lowest BCUT2D eigenvalue weighted by atomic mass is 10.2. The second-order valence-corrected chi connectivity index (χ2v) is 6.55. The fourth-order valence-corrected chi connectivity index (χ4v) is 3.01. The molecule has 0 bridgehead atoms. The number of aryl methyl sites for hydroxylation is 1. The molecule has 0 amide bonds. The maximum absolute atomic E-state index is 5.26. The van der Waals surface area contributed by atoms with E-state index in [0.717, 1.165) is 41.4 Å². The lowest BCUT2D eigenvalue weighted by molar-refractivity contribution is -0.856. The molecule has 0 saturated carbocycles. The Morgan fingerprint density at radius 1 is 1.12 bits per heavy atom. The van der Waals surface area contributed by atoms with Gasteiger partial charge in [-0.1, -0.05) is 0 Å². The van der Waals surface area contributed by atoms with E-state index >= 15 is 0 Å². The molecule has 0 atom stereocenters. The molecular weight excluding hydrogens is 314 g/mol. The van der Waals surface area contributed by atoms with Crippen molar-refractivity contribution in [2.24, 2.45) is 0 Å². The molecule has 0 unspecified atom stereocenters. The van der Waals surface area contributed by atoms with E-state index < -0.39 is 0 Å². The zero-order valence-corrected chi connectivity index (χ0v) is 15.6. The second-order valence-electron chi connectivity index (χ2n) is 6.55. The molecule has 132 valence electrons. The van der Waals surface area contributed by atoms with Crippen LogP contribution in [-0.2, 0) is 0 Å². The normalized spacial score (nSPS) is 11.3. The maximum Gasteiger partial charge on any atom is 0.150 e. The highest BCUT2D eigenvalue weighted by Gasteiger charge is 2.17. The minimum absolute atomic E-state index is 0.845. The summed E-state index contributed by atoms with van der Waals surface area (Å²) < 4.78 is 7.44. The van der Waals surface area contributed by atoms with Gasteiger partial charge in [0.25, 0.3) is 0 Å². The zero-order chi connectivity index (χ0) is 18.0. The smallest absolute Gasteiger partial charge is 0.150 e. The number of hydrogen-bond acceptors (Lipinski definition) is 4. The van der Waals surface area contributed by atoms with Crippen LogP contribution >= 0.6 is 0 Å². The number of rotatable bonds is 6. The molecule has 0 fully saturated rings. The quantitative estimate of drug-likeness (QED) is 0.716. The lowest BCUT2D eigenvalue weighted by Crippen LogP contribution is -3.06. The summed E-state index contributed by atoms with van der Waals surface area (Å²) in [6.07, 6.45) is 1.63. The van der Waals surface area contributed by atoms with E-state index in [2.05, 4.69) is 59.9 Å². The summed E-state index contributed by atoms with van der Waals surface area (Å²) in [6.45, 7) is 6.15. The predicted molar refractivity (Wildman–Crippen MR) is 101 cm³/mol. The Kier molecular flexibility index (Phi) is 4.90. The first-order chi connectivity index (χ1) is 12.0. The molecule has 0 aliphatic rings. The second kappa shape index (κ2) is 7.11. The van der Waals surface area contributed by atoms with Gasteiger partial charge in [-0.3, -0.25) is 4.57 Å². The number of fused-ring (bicyclic) bond motifs is 1. The minimum atomic E-state index is 0.845. The van der Waals surface area contributed by atoms with Gasteiger partial charge in [0.05, 0.1) is 39.7 Å². The van der Waals surface area contributed by atoms with Gasteiger partial charge in [0.15, 0.2) is 5.65 Å². The van der Waals surface area contributed by atoms with Crippen molar-refractivity contribution in [2.75, 3.05) is 39.6 Å². The van der Waals surface area contributed by atoms with Gasteiger partial charge < -0.3 is 15.0 Å². The Hall–Kier alpha value is -2.60. The monoisotopic (exact) mass is 340 g/mol. The van der Waals surface area contributed by atoms with Crippen molar-refractivity contribution in [2.45, 2.75) is 13.8 Å². The number of likely N-dealkylation sites (N-methyl/N-ethyl adjacent to an activating group) is 1. The SMILES string of the molecule is COc1ccc(-n2c(C)c(C)c3c(NCC[NH+](C)C)ncnc32)cc1. The third kappa shape index (κ3) is 3.30.